The molecule has 148 valence electrons. The summed E-state index contributed by atoms with van der Waals surface area (Å²) in [5, 5.41) is 8.58. The molecular weight excluding hydrogens is 417 g/mol. The highest BCUT2D eigenvalue weighted by Gasteiger charge is 2.08. The first kappa shape index (κ1) is 22.0. The quantitative estimate of drug-likeness (QED) is 0.251. The van der Waals surface area contributed by atoms with Crippen LogP contribution in [0.1, 0.15) is 18.1 Å². The van der Waals surface area contributed by atoms with E-state index in [-0.39, 0.29) is 0 Å². The van der Waals surface area contributed by atoms with Gasteiger partial charge in [0.05, 0.1) is 12.8 Å². The molecule has 0 bridgehead atoms. The Labute approximate surface area is 180 Å². The summed E-state index contributed by atoms with van der Waals surface area (Å²) in [6.07, 6.45) is 3.35. The summed E-state index contributed by atoms with van der Waals surface area (Å²) in [5.41, 5.74) is 4.40. The Morgan fingerprint density at radius 3 is 2.71 bits per heavy atom. The summed E-state index contributed by atoms with van der Waals surface area (Å²) in [7, 11) is 0. The number of nitrogens with zero attached hydrogens (tertiary/aromatic N) is 1. The summed E-state index contributed by atoms with van der Waals surface area (Å²) in [6, 6.07) is 10.8. The zero-order valence-corrected chi connectivity index (χ0v) is 17.7. The van der Waals surface area contributed by atoms with Crippen molar-refractivity contribution in [2.24, 2.45) is 5.10 Å². The van der Waals surface area contributed by atoms with Crippen molar-refractivity contribution >= 4 is 46.7 Å². The molecule has 0 saturated heterocycles. The molecule has 0 spiro atoms. The molecule has 0 aliphatic carbocycles. The van der Waals surface area contributed by atoms with E-state index in [4.69, 9.17) is 44.9 Å². The molecule has 8 heteroatoms. The Morgan fingerprint density at radius 1 is 1.18 bits per heavy atom. The summed E-state index contributed by atoms with van der Waals surface area (Å²) >= 11 is 17.2. The summed E-state index contributed by atoms with van der Waals surface area (Å²) < 4.78 is 11.6. The van der Waals surface area contributed by atoms with Crippen LogP contribution in [0.2, 0.25) is 10.0 Å². The van der Waals surface area contributed by atoms with Gasteiger partial charge in [0.1, 0.15) is 6.61 Å². The van der Waals surface area contributed by atoms with Crippen LogP contribution in [0.4, 0.5) is 0 Å². The van der Waals surface area contributed by atoms with Gasteiger partial charge in [0, 0.05) is 22.2 Å². The van der Waals surface area contributed by atoms with Crippen LogP contribution in [-0.4, -0.2) is 24.5 Å². The topological polar surface area (TPSA) is 54.9 Å². The van der Waals surface area contributed by atoms with Crippen LogP contribution in [0.3, 0.4) is 0 Å². The van der Waals surface area contributed by atoms with Gasteiger partial charge in [-0.05, 0) is 55.0 Å². The number of nitrogens with one attached hydrogen (secondary N) is 2. The summed E-state index contributed by atoms with van der Waals surface area (Å²) in [6.45, 7) is 6.90. The molecule has 2 aromatic rings. The molecule has 0 radical (unpaired) electrons. The number of halogens is 2. The van der Waals surface area contributed by atoms with Gasteiger partial charge in [0.25, 0.3) is 0 Å². The fraction of sp³-hybridized carbons (Fsp3) is 0.200. The Hall–Kier alpha value is -2.28. The zero-order valence-electron chi connectivity index (χ0n) is 15.4. The molecule has 0 heterocycles. The predicted octanol–water partition coefficient (Wildman–Crippen LogP) is 4.96. The van der Waals surface area contributed by atoms with E-state index in [9.17, 15) is 0 Å². The highest BCUT2D eigenvalue weighted by Crippen LogP contribution is 2.30. The van der Waals surface area contributed by atoms with Gasteiger partial charge in [-0.25, -0.2) is 0 Å². The smallest absolute Gasteiger partial charge is 0.187 e. The van der Waals surface area contributed by atoms with Crippen LogP contribution >= 0.6 is 35.4 Å². The number of hydrogen-bond acceptors (Lipinski definition) is 4. The molecule has 0 saturated carbocycles. The van der Waals surface area contributed by atoms with E-state index < -0.39 is 0 Å². The van der Waals surface area contributed by atoms with Gasteiger partial charge in [-0.3, -0.25) is 5.43 Å². The number of thiocarbonyl (C=S) groups is 1. The first-order valence-electron chi connectivity index (χ1n) is 8.54. The summed E-state index contributed by atoms with van der Waals surface area (Å²) in [4.78, 5) is 0. The molecule has 0 amide bonds. The van der Waals surface area contributed by atoms with E-state index in [1.165, 1.54) is 0 Å². The standard InChI is InChI=1S/C20H21Cl2N3O2S/c1-3-9-23-20(28)25-24-12-14-5-8-18(19(10-14)26-4-2)27-13-15-6-7-16(21)11-17(15)22/h3,5-8,10-12H,1,4,9,13H2,2H3,(H2,23,25,28)/b24-12+. The number of ether oxygens (including phenoxy) is 2. The SMILES string of the molecule is C=CCNC(=S)N/N=C/c1ccc(OCc2ccc(Cl)cc2Cl)c(OCC)c1. The maximum absolute atomic E-state index is 6.20. The van der Waals surface area contributed by atoms with Gasteiger partial charge < -0.3 is 14.8 Å². The lowest BCUT2D eigenvalue weighted by atomic mass is 10.2. The lowest BCUT2D eigenvalue weighted by Crippen LogP contribution is -2.31. The molecule has 0 aliphatic heterocycles. The molecule has 2 aromatic carbocycles. The van der Waals surface area contributed by atoms with Crippen LogP contribution in [-0.2, 0) is 6.61 Å². The van der Waals surface area contributed by atoms with Gasteiger partial charge in [0.15, 0.2) is 16.6 Å². The number of rotatable bonds is 9. The highest BCUT2D eigenvalue weighted by atomic mass is 35.5. The Kier molecular flexibility index (Phi) is 9.07. The third-order valence-corrected chi connectivity index (χ3v) is 4.28. The van der Waals surface area contributed by atoms with Gasteiger partial charge in [-0.1, -0.05) is 35.3 Å². The fourth-order valence-electron chi connectivity index (χ4n) is 2.16. The van der Waals surface area contributed by atoms with E-state index in [0.29, 0.717) is 46.4 Å². The van der Waals surface area contributed by atoms with Crippen molar-refractivity contribution in [3.05, 3.63) is 70.2 Å². The van der Waals surface area contributed by atoms with Gasteiger partial charge in [-0.15, -0.1) is 6.58 Å². The minimum absolute atomic E-state index is 0.300. The molecule has 0 unspecified atom stereocenters. The number of hydrogen-bond donors (Lipinski definition) is 2. The number of benzene rings is 2. The second-order valence-electron chi connectivity index (χ2n) is 5.53. The van der Waals surface area contributed by atoms with E-state index in [2.05, 4.69) is 22.4 Å². The van der Waals surface area contributed by atoms with E-state index >= 15 is 0 Å². The van der Waals surface area contributed by atoms with E-state index in [1.54, 1.807) is 24.4 Å². The third kappa shape index (κ3) is 7.03. The fourth-order valence-corrected chi connectivity index (χ4v) is 2.76. The van der Waals surface area contributed by atoms with Crippen LogP contribution in [0.15, 0.2) is 54.2 Å². The first-order valence-corrected chi connectivity index (χ1v) is 9.71. The van der Waals surface area contributed by atoms with Crippen molar-refractivity contribution in [2.75, 3.05) is 13.2 Å². The van der Waals surface area contributed by atoms with Gasteiger partial charge in [-0.2, -0.15) is 5.10 Å². The van der Waals surface area contributed by atoms with Crippen LogP contribution in [0, 0.1) is 0 Å². The Balaban J connectivity index is 2.05. The van der Waals surface area contributed by atoms with Crippen molar-refractivity contribution in [1.29, 1.82) is 0 Å². The maximum Gasteiger partial charge on any atom is 0.187 e. The highest BCUT2D eigenvalue weighted by molar-refractivity contribution is 7.80. The minimum Gasteiger partial charge on any atom is -0.490 e. The lowest BCUT2D eigenvalue weighted by Gasteiger charge is -2.13. The normalized spacial score (nSPS) is 10.5. The molecular formula is C20H21Cl2N3O2S. The average Bonchev–Trinajstić information content (AvgIpc) is 2.67. The van der Waals surface area contributed by atoms with Crippen molar-refractivity contribution in [3.8, 4) is 11.5 Å². The molecule has 28 heavy (non-hydrogen) atoms. The second-order valence-corrected chi connectivity index (χ2v) is 6.78. The van der Waals surface area contributed by atoms with Crippen LogP contribution < -0.4 is 20.2 Å². The van der Waals surface area contributed by atoms with Crippen molar-refractivity contribution < 1.29 is 9.47 Å². The molecule has 0 aromatic heterocycles. The number of hydrazone groups is 1. The van der Waals surface area contributed by atoms with E-state index in [1.807, 2.05) is 31.2 Å². The summed E-state index contributed by atoms with van der Waals surface area (Å²) in [5.74, 6) is 1.23. The van der Waals surface area contributed by atoms with Gasteiger partial charge in [0.2, 0.25) is 0 Å². The predicted molar refractivity (Wildman–Crippen MR) is 120 cm³/mol. The average molecular weight is 438 g/mol. The second kappa shape index (κ2) is 11.5. The third-order valence-electron chi connectivity index (χ3n) is 3.45. The maximum atomic E-state index is 6.20. The molecule has 2 rings (SSSR count). The van der Waals surface area contributed by atoms with Crippen molar-refractivity contribution in [2.45, 2.75) is 13.5 Å². The monoisotopic (exact) mass is 437 g/mol. The Bertz CT molecular complexity index is 859. The largest absolute Gasteiger partial charge is 0.490 e. The van der Waals surface area contributed by atoms with Crippen LogP contribution in [0.25, 0.3) is 0 Å². The minimum atomic E-state index is 0.300. The van der Waals surface area contributed by atoms with Gasteiger partial charge >= 0.3 is 0 Å². The Morgan fingerprint density at radius 2 is 2.00 bits per heavy atom. The van der Waals surface area contributed by atoms with Crippen molar-refractivity contribution in [3.63, 3.8) is 0 Å². The van der Waals surface area contributed by atoms with Crippen LogP contribution in [0.5, 0.6) is 11.5 Å². The molecule has 5 nitrogen and oxygen atoms in total. The lowest BCUT2D eigenvalue weighted by molar-refractivity contribution is 0.269. The molecule has 2 N–H and O–H groups in total. The molecule has 0 atom stereocenters. The van der Waals surface area contributed by atoms with E-state index in [0.717, 1.165) is 11.1 Å². The molecule has 0 aliphatic rings. The zero-order chi connectivity index (χ0) is 20.4. The first-order chi connectivity index (χ1) is 13.5. The van der Waals surface area contributed by atoms with Crippen molar-refractivity contribution in [1.82, 2.24) is 10.7 Å². The molecule has 0 fully saturated rings.